The molecule has 2 saturated heterocycles. The number of hydrogen-bond acceptors (Lipinski definition) is 6. The minimum absolute atomic E-state index is 0.00291. The summed E-state index contributed by atoms with van der Waals surface area (Å²) in [5.74, 6) is -2.89. The van der Waals surface area contributed by atoms with Gasteiger partial charge >= 0.3 is 0 Å². The molecule has 11 nitrogen and oxygen atoms in total. The van der Waals surface area contributed by atoms with Crippen LogP contribution in [0.15, 0.2) is 36.4 Å². The fourth-order valence-corrected chi connectivity index (χ4v) is 9.03. The first-order valence-electron chi connectivity index (χ1n) is 21.4. The minimum Gasteiger partial charge on any atom is -0.352 e. The average Bonchev–Trinajstić information content (AvgIpc) is 3.58. The van der Waals surface area contributed by atoms with E-state index in [9.17, 15) is 28.0 Å². The summed E-state index contributed by atoms with van der Waals surface area (Å²) in [4.78, 5) is 65.9. The van der Waals surface area contributed by atoms with Crippen LogP contribution in [0, 0.1) is 35.3 Å². The van der Waals surface area contributed by atoms with Gasteiger partial charge in [0, 0.05) is 60.7 Å². The number of nitrogens with one attached hydrogen (secondary N) is 3. The summed E-state index contributed by atoms with van der Waals surface area (Å²) < 4.78 is 62.4. The van der Waals surface area contributed by atoms with Crippen molar-refractivity contribution in [2.75, 3.05) is 20.1 Å². The molecular weight excluding hydrogens is 779 g/mol. The predicted molar refractivity (Wildman–Crippen MR) is 221 cm³/mol. The zero-order chi connectivity index (χ0) is 43.2. The fourth-order valence-electron chi connectivity index (χ4n) is 9.03. The summed E-state index contributed by atoms with van der Waals surface area (Å²) in [5.41, 5.74) is 2.30. The number of imidazole rings is 1. The molecule has 4 heterocycles. The summed E-state index contributed by atoms with van der Waals surface area (Å²) in [5, 5.41) is 6.51. The van der Waals surface area contributed by atoms with Gasteiger partial charge < -0.3 is 30.0 Å². The second-order valence-electron chi connectivity index (χ2n) is 17.7. The molecule has 3 aliphatic rings. The largest absolute Gasteiger partial charge is 0.352 e. The van der Waals surface area contributed by atoms with Crippen LogP contribution in [0.5, 0.6) is 0 Å². The van der Waals surface area contributed by atoms with Crippen LogP contribution >= 0.6 is 0 Å². The van der Waals surface area contributed by atoms with Crippen molar-refractivity contribution in [3.05, 3.63) is 53.6 Å². The molecule has 15 heteroatoms. The number of aromatic nitrogens is 3. The lowest BCUT2D eigenvalue weighted by Gasteiger charge is -2.31. The third kappa shape index (κ3) is 8.82. The molecule has 60 heavy (non-hydrogen) atoms. The van der Waals surface area contributed by atoms with E-state index in [0.717, 1.165) is 12.8 Å². The number of Topliss-reactive ketones (excluding diaryl/α,β-unsaturated/α-hetero) is 1. The second-order valence-corrected chi connectivity index (χ2v) is 17.7. The summed E-state index contributed by atoms with van der Waals surface area (Å²) in [7, 11) is 1.68. The molecule has 2 aliphatic heterocycles. The van der Waals surface area contributed by atoms with Crippen molar-refractivity contribution in [3.63, 3.8) is 0 Å². The van der Waals surface area contributed by atoms with Crippen LogP contribution in [0.2, 0.25) is 0 Å². The van der Waals surface area contributed by atoms with Crippen LogP contribution < -0.4 is 10.6 Å². The Kier molecular flexibility index (Phi) is 12.8. The number of carbonyl (C=O) groups is 4. The number of alkyl halides is 2. The van der Waals surface area contributed by atoms with Gasteiger partial charge in [-0.1, -0.05) is 27.7 Å². The third-order valence-corrected chi connectivity index (χ3v) is 13.1. The van der Waals surface area contributed by atoms with E-state index in [-0.39, 0.29) is 86.6 Å². The van der Waals surface area contributed by atoms with E-state index in [0.29, 0.717) is 45.4 Å². The number of ketones is 1. The topological polar surface area (TPSA) is 132 Å². The van der Waals surface area contributed by atoms with Gasteiger partial charge in [0.05, 0.1) is 41.9 Å². The van der Waals surface area contributed by atoms with Gasteiger partial charge in [-0.3, -0.25) is 19.2 Å². The van der Waals surface area contributed by atoms with Gasteiger partial charge in [0.25, 0.3) is 0 Å². The van der Waals surface area contributed by atoms with Gasteiger partial charge in [-0.2, -0.15) is 0 Å². The van der Waals surface area contributed by atoms with Crippen molar-refractivity contribution >= 4 is 45.4 Å². The molecular formula is C45H57F4N7O4. The number of likely N-dealkylation sites (tertiary alicyclic amines) is 2. The van der Waals surface area contributed by atoms with E-state index in [1.165, 1.54) is 34.1 Å². The molecule has 7 rings (SSSR count). The molecule has 0 spiro atoms. The van der Waals surface area contributed by atoms with Gasteiger partial charge in [0.2, 0.25) is 17.7 Å². The summed E-state index contributed by atoms with van der Waals surface area (Å²) in [6, 6.07) is 5.92. The predicted octanol–water partition coefficient (Wildman–Crippen LogP) is 6.66. The molecule has 8 atom stereocenters. The average molecular weight is 836 g/mol. The monoisotopic (exact) mass is 835 g/mol. The maximum atomic E-state index is 15.5. The Bertz CT molecular complexity index is 2110. The third-order valence-electron chi connectivity index (χ3n) is 13.1. The maximum absolute atomic E-state index is 15.5. The van der Waals surface area contributed by atoms with Crippen LogP contribution in [0.4, 0.5) is 17.6 Å². The Morgan fingerprint density at radius 1 is 0.900 bits per heavy atom. The van der Waals surface area contributed by atoms with Crippen LogP contribution in [0.1, 0.15) is 78.7 Å². The molecule has 0 radical (unpaired) electrons. The Balaban J connectivity index is 1.27. The Morgan fingerprint density at radius 2 is 1.55 bits per heavy atom. The highest BCUT2D eigenvalue weighted by atomic mass is 19.1. The highest BCUT2D eigenvalue weighted by Crippen LogP contribution is 2.39. The molecule has 8 unspecified atom stereocenters. The van der Waals surface area contributed by atoms with Crippen molar-refractivity contribution in [2.24, 2.45) is 23.7 Å². The zero-order valence-corrected chi connectivity index (χ0v) is 35.2. The molecule has 4 aromatic rings. The quantitative estimate of drug-likeness (QED) is 0.108. The molecule has 1 saturated carbocycles. The van der Waals surface area contributed by atoms with Gasteiger partial charge in [-0.25, -0.2) is 22.5 Å². The number of nitrogens with zero attached hydrogens (tertiary/aromatic N) is 4. The first kappa shape index (κ1) is 43.3. The normalized spacial score (nSPS) is 22.8. The van der Waals surface area contributed by atoms with Crippen LogP contribution in [-0.4, -0.2) is 104 Å². The van der Waals surface area contributed by atoms with Gasteiger partial charge in [-0.05, 0) is 87.4 Å². The van der Waals surface area contributed by atoms with Gasteiger partial charge in [0.1, 0.15) is 35.8 Å². The first-order chi connectivity index (χ1) is 28.6. The number of halogens is 4. The number of aromatic amines is 1. The zero-order valence-electron chi connectivity index (χ0n) is 35.2. The van der Waals surface area contributed by atoms with Crippen LogP contribution in [0.3, 0.4) is 0 Å². The second kappa shape index (κ2) is 17.7. The molecule has 1 aliphatic carbocycles. The highest BCUT2D eigenvalue weighted by molar-refractivity contribution is 5.93. The number of H-pyrrole nitrogens is 1. The van der Waals surface area contributed by atoms with E-state index in [1.807, 2.05) is 25.3 Å². The standard InChI is InChI=1S/C45H57F4N7O4/c1-7-24(4)43(58)53-40(26-8-9-26)45(60)55-21-30(49)15-32(55)22-56-38-13-11-28(47)17-37(38)52-42(56)41-35(33-12-10-27(46)16-36(33)51-41)18-31-14-29(48)20-54(31)44(59)34(23(2)3)19-39(57)25(5)50-6/h10-13,16-17,23-26,29-32,34,40,50-51H,7-9,14-15,18-22H2,1-6H3,(H,53,58). The maximum Gasteiger partial charge on any atom is 0.245 e. The number of fused-ring (bicyclic) bond motifs is 2. The van der Waals surface area contributed by atoms with E-state index in [4.69, 9.17) is 4.98 Å². The Labute approximate surface area is 348 Å². The number of carbonyl (C=O) groups excluding carboxylic acids is 4. The molecule has 0 bridgehead atoms. The summed E-state index contributed by atoms with van der Waals surface area (Å²) >= 11 is 0. The Morgan fingerprint density at radius 3 is 2.20 bits per heavy atom. The molecule has 3 fully saturated rings. The molecule has 324 valence electrons. The molecule has 3 N–H and O–H groups in total. The van der Waals surface area contributed by atoms with Gasteiger partial charge in [-0.15, -0.1) is 0 Å². The van der Waals surface area contributed by atoms with E-state index in [1.54, 1.807) is 33.0 Å². The van der Waals surface area contributed by atoms with Crippen molar-refractivity contribution < 1.29 is 36.7 Å². The van der Waals surface area contributed by atoms with Crippen molar-refractivity contribution in [2.45, 2.75) is 123 Å². The SMILES string of the molecule is CCC(C)C(=O)NC(C(=O)N1CC(F)CC1Cn1c(-c2[nH]c3cc(F)ccc3c2CC2CC(F)CN2C(=O)C(CC(=O)C(C)NC)C(C)C)nc2cc(F)ccc21)C1CC1. The number of likely N-dealkylation sites (N-methyl/N-ethyl adjacent to an activating group) is 1. The van der Waals surface area contributed by atoms with E-state index in [2.05, 4.69) is 15.6 Å². The van der Waals surface area contributed by atoms with Crippen molar-refractivity contribution in [1.29, 1.82) is 0 Å². The van der Waals surface area contributed by atoms with E-state index >= 15 is 8.78 Å². The lowest BCUT2D eigenvalue weighted by Crippen LogP contribution is -2.52. The van der Waals surface area contributed by atoms with Crippen LogP contribution in [-0.2, 0) is 32.1 Å². The van der Waals surface area contributed by atoms with Crippen molar-refractivity contribution in [3.8, 4) is 11.5 Å². The lowest BCUT2D eigenvalue weighted by molar-refractivity contribution is -0.140. The summed E-state index contributed by atoms with van der Waals surface area (Å²) in [6.45, 7) is 8.97. The number of benzene rings is 2. The highest BCUT2D eigenvalue weighted by Gasteiger charge is 2.45. The molecule has 2 aromatic carbocycles. The number of amides is 3. The minimum atomic E-state index is -1.32. The van der Waals surface area contributed by atoms with Crippen LogP contribution in [0.25, 0.3) is 33.5 Å². The first-order valence-corrected chi connectivity index (χ1v) is 21.4. The smallest absolute Gasteiger partial charge is 0.245 e. The van der Waals surface area contributed by atoms with Gasteiger partial charge in [0.15, 0.2) is 5.82 Å². The Hall–Kier alpha value is -4.79. The lowest BCUT2D eigenvalue weighted by atomic mass is 9.87. The number of rotatable bonds is 16. The van der Waals surface area contributed by atoms with Crippen molar-refractivity contribution in [1.82, 2.24) is 35.0 Å². The fraction of sp³-hybridized carbons (Fsp3) is 0.578. The molecule has 3 amide bonds. The van der Waals surface area contributed by atoms with E-state index < -0.39 is 54.1 Å². The summed E-state index contributed by atoms with van der Waals surface area (Å²) in [6.07, 6.45) is -0.258. The molecule has 2 aromatic heterocycles. The number of hydrogen-bond donors (Lipinski definition) is 3.